The van der Waals surface area contributed by atoms with E-state index >= 15 is 0 Å². The first-order valence-electron chi connectivity index (χ1n) is 15.0. The molecule has 216 valence electrons. The van der Waals surface area contributed by atoms with Crippen molar-refractivity contribution in [3.05, 3.63) is 167 Å². The van der Waals surface area contributed by atoms with Crippen LogP contribution < -0.4 is 5.73 Å². The summed E-state index contributed by atoms with van der Waals surface area (Å²) >= 11 is 0. The first-order chi connectivity index (χ1) is 21.4. The number of hydrogen-bond acceptors (Lipinski definition) is 1. The van der Waals surface area contributed by atoms with Crippen molar-refractivity contribution >= 4 is 11.7 Å². The van der Waals surface area contributed by atoms with Crippen LogP contribution in [0.5, 0.6) is 0 Å². The number of rotatable bonds is 4. The van der Waals surface area contributed by atoms with Crippen molar-refractivity contribution in [1.29, 1.82) is 0 Å². The van der Waals surface area contributed by atoms with Crippen LogP contribution in [-0.2, 0) is 5.41 Å². The molecule has 0 aliphatic heterocycles. The van der Waals surface area contributed by atoms with Gasteiger partial charge in [0.05, 0.1) is 0 Å². The molecule has 5 aromatic rings. The van der Waals surface area contributed by atoms with Crippen molar-refractivity contribution in [1.82, 2.24) is 0 Å². The molecule has 44 heavy (non-hydrogen) atoms. The second-order valence-electron chi connectivity index (χ2n) is 11.7. The van der Waals surface area contributed by atoms with Gasteiger partial charge in [-0.1, -0.05) is 153 Å². The van der Waals surface area contributed by atoms with Crippen molar-refractivity contribution in [2.75, 3.05) is 7.05 Å². The zero-order valence-electron chi connectivity index (χ0n) is 25.8. The third-order valence-electron chi connectivity index (χ3n) is 8.56. The largest absolute Gasteiger partial charge is 0.383 e. The molecule has 0 amide bonds. The molecule has 1 aliphatic carbocycles. The predicted molar refractivity (Wildman–Crippen MR) is 187 cm³/mol. The molecule has 0 fully saturated rings. The lowest BCUT2D eigenvalue weighted by Gasteiger charge is -2.21. The third kappa shape index (κ3) is 5.33. The number of nitrogens with two attached hydrogens (primary N) is 1. The Morgan fingerprint density at radius 3 is 1.82 bits per heavy atom. The van der Waals surface area contributed by atoms with E-state index in [9.17, 15) is 0 Å². The summed E-state index contributed by atoms with van der Waals surface area (Å²) in [5, 5.41) is 0. The van der Waals surface area contributed by atoms with E-state index in [0.29, 0.717) is 11.7 Å². The number of fused-ring (bicyclic) bond motifs is 3. The highest BCUT2D eigenvalue weighted by Crippen LogP contribution is 2.51. The smallest absolute Gasteiger partial charge is 0.157 e. The fourth-order valence-corrected chi connectivity index (χ4v) is 6.29. The average molecular weight is 572 g/mol. The molecular formula is C41H37N3. The summed E-state index contributed by atoms with van der Waals surface area (Å²) in [6.07, 6.45) is 0. The number of benzene rings is 4. The van der Waals surface area contributed by atoms with Gasteiger partial charge in [-0.15, -0.1) is 0 Å². The Morgan fingerprint density at radius 1 is 0.568 bits per heavy atom. The standard InChI is InChI=1S/C41H37N3/c1-28-16-9-6-5-7-12-19-32(37(28)40(43-4)44-39(42)31-17-10-8-11-18-31)29-24-26-30(27-25-29)33-21-15-23-36-38(33)34-20-13-14-22-35(34)41(36,2)3/h5-27H,1-4H3,(H2,42,43,44). The van der Waals surface area contributed by atoms with Gasteiger partial charge in [-0.2, -0.15) is 0 Å². The minimum atomic E-state index is -0.0354. The molecule has 0 bridgehead atoms. The number of amidine groups is 2. The monoisotopic (exact) mass is 571 g/mol. The van der Waals surface area contributed by atoms with Crippen LogP contribution in [0.25, 0.3) is 33.4 Å². The summed E-state index contributed by atoms with van der Waals surface area (Å²) < 4.78 is 0. The van der Waals surface area contributed by atoms with Crippen LogP contribution in [0.2, 0.25) is 0 Å². The first-order valence-corrected chi connectivity index (χ1v) is 15.0. The fraction of sp³-hybridized carbons (Fsp3) is 0.122. The quantitative estimate of drug-likeness (QED) is 0.169. The van der Waals surface area contributed by atoms with E-state index < -0.39 is 0 Å². The maximum absolute atomic E-state index is 6.50. The summed E-state index contributed by atoms with van der Waals surface area (Å²) in [7, 11) is 1.77. The van der Waals surface area contributed by atoms with Gasteiger partial charge in [0.15, 0.2) is 5.84 Å². The number of aryl methyl sites for hydroxylation is 1. The second-order valence-corrected chi connectivity index (χ2v) is 11.7. The van der Waals surface area contributed by atoms with Gasteiger partial charge >= 0.3 is 0 Å². The Labute approximate surface area is 260 Å². The minimum Gasteiger partial charge on any atom is -0.383 e. The molecule has 0 radical (unpaired) electrons. The molecule has 3 nitrogen and oxygen atoms in total. The fourth-order valence-electron chi connectivity index (χ4n) is 6.29. The van der Waals surface area contributed by atoms with E-state index in [1.54, 1.807) is 7.05 Å². The summed E-state index contributed by atoms with van der Waals surface area (Å²) in [6.45, 7) is 6.74. The van der Waals surface area contributed by atoms with E-state index in [4.69, 9.17) is 10.7 Å². The van der Waals surface area contributed by atoms with Crippen molar-refractivity contribution in [2.24, 2.45) is 15.7 Å². The molecule has 0 aromatic heterocycles. The van der Waals surface area contributed by atoms with E-state index in [1.807, 2.05) is 54.6 Å². The highest BCUT2D eigenvalue weighted by molar-refractivity contribution is 6.14. The van der Waals surface area contributed by atoms with Crippen LogP contribution >= 0.6 is 0 Å². The molecule has 5 aromatic carbocycles. The zero-order chi connectivity index (χ0) is 30.7. The molecule has 2 N–H and O–H groups in total. The Hall–Kier alpha value is -5.28. The molecule has 0 heterocycles. The Bertz CT molecular complexity index is 1950. The molecule has 3 heteroatoms. The van der Waals surface area contributed by atoms with Gasteiger partial charge in [-0.3, -0.25) is 4.99 Å². The molecule has 0 atom stereocenters. The molecule has 0 unspecified atom stereocenters. The molecule has 0 saturated heterocycles. The average Bonchev–Trinajstić information content (AvgIpc) is 3.30. The normalized spacial score (nSPS) is 13.5. The van der Waals surface area contributed by atoms with Crippen LogP contribution in [0.4, 0.5) is 0 Å². The maximum Gasteiger partial charge on any atom is 0.157 e. The first kappa shape index (κ1) is 28.8. The number of nitrogens with zero attached hydrogens (tertiary/aromatic N) is 2. The van der Waals surface area contributed by atoms with Gasteiger partial charge in [-0.05, 0) is 57.0 Å². The summed E-state index contributed by atoms with van der Waals surface area (Å²) in [5.41, 5.74) is 19.3. The molecule has 0 spiro atoms. The van der Waals surface area contributed by atoms with Crippen molar-refractivity contribution in [3.8, 4) is 33.4 Å². The topological polar surface area (TPSA) is 50.7 Å². The third-order valence-corrected chi connectivity index (χ3v) is 8.56. The number of aliphatic imine (C=N–C) groups is 2. The van der Waals surface area contributed by atoms with Gasteiger partial charge < -0.3 is 5.73 Å². The minimum absolute atomic E-state index is 0.0354. The van der Waals surface area contributed by atoms with Crippen molar-refractivity contribution in [2.45, 2.75) is 26.2 Å². The SMILES string of the molecule is C/N=C(\N=C(/N)c1ccccc1)c1c(C)cccccccc1-c1ccc(-c2cccc3c2-c2ccccc2C3(C)C)cc1. The van der Waals surface area contributed by atoms with Gasteiger partial charge in [0, 0.05) is 23.6 Å². The Morgan fingerprint density at radius 2 is 1.09 bits per heavy atom. The van der Waals surface area contributed by atoms with Gasteiger partial charge in [-0.25, -0.2) is 4.99 Å². The molecule has 6 rings (SSSR count). The lowest BCUT2D eigenvalue weighted by atomic mass is 9.82. The number of hydrogen-bond donors (Lipinski definition) is 1. The lowest BCUT2D eigenvalue weighted by molar-refractivity contribution is 0.660. The lowest BCUT2D eigenvalue weighted by Crippen LogP contribution is -2.17. The van der Waals surface area contributed by atoms with Crippen molar-refractivity contribution < 1.29 is 0 Å². The predicted octanol–water partition coefficient (Wildman–Crippen LogP) is 9.54. The molecule has 1 aliphatic rings. The maximum atomic E-state index is 6.50. The van der Waals surface area contributed by atoms with E-state index in [1.165, 1.54) is 33.4 Å². The second kappa shape index (κ2) is 12.1. The van der Waals surface area contributed by atoms with Crippen LogP contribution in [0.1, 0.15) is 41.7 Å². The Kier molecular flexibility index (Phi) is 7.95. The Balaban J connectivity index is 1.50. The van der Waals surface area contributed by atoms with Gasteiger partial charge in [0.25, 0.3) is 0 Å². The molecule has 0 saturated carbocycles. The summed E-state index contributed by atoms with van der Waals surface area (Å²) in [4.78, 5) is 9.49. The van der Waals surface area contributed by atoms with Crippen LogP contribution in [-0.4, -0.2) is 18.7 Å². The highest BCUT2D eigenvalue weighted by atomic mass is 15.0. The van der Waals surface area contributed by atoms with Gasteiger partial charge in [0.2, 0.25) is 0 Å². The summed E-state index contributed by atoms with van der Waals surface area (Å²) in [6, 6.07) is 48.6. The van der Waals surface area contributed by atoms with E-state index in [2.05, 4.69) is 111 Å². The van der Waals surface area contributed by atoms with Crippen molar-refractivity contribution in [3.63, 3.8) is 0 Å². The van der Waals surface area contributed by atoms with E-state index in [0.717, 1.165) is 27.8 Å². The van der Waals surface area contributed by atoms with Crippen LogP contribution in [0.15, 0.2) is 150 Å². The van der Waals surface area contributed by atoms with Crippen LogP contribution in [0, 0.1) is 6.92 Å². The summed E-state index contributed by atoms with van der Waals surface area (Å²) in [5.74, 6) is 1.01. The zero-order valence-corrected chi connectivity index (χ0v) is 25.8. The van der Waals surface area contributed by atoms with E-state index in [-0.39, 0.29) is 5.41 Å². The molecular weight excluding hydrogens is 534 g/mol. The van der Waals surface area contributed by atoms with Crippen LogP contribution in [0.3, 0.4) is 0 Å². The highest BCUT2D eigenvalue weighted by Gasteiger charge is 2.36. The van der Waals surface area contributed by atoms with Gasteiger partial charge in [0.1, 0.15) is 5.84 Å².